The van der Waals surface area contributed by atoms with Crippen LogP contribution in [0.4, 0.5) is 0 Å². The molecule has 0 saturated carbocycles. The van der Waals surface area contributed by atoms with Crippen molar-refractivity contribution in [1.82, 2.24) is 10.2 Å². The first kappa shape index (κ1) is 6.16. The van der Waals surface area contributed by atoms with Crippen molar-refractivity contribution in [3.63, 3.8) is 0 Å². The summed E-state index contributed by atoms with van der Waals surface area (Å²) >= 11 is 0. The second-order valence-electron chi connectivity index (χ2n) is 1.82. The second-order valence-corrected chi connectivity index (χ2v) is 1.82. The Labute approximate surface area is 53.4 Å². The molecule has 0 bridgehead atoms. The first-order chi connectivity index (χ1) is 4.30. The number of hydrogen-bond donors (Lipinski definition) is 1. The molecular weight excluding hydrogens is 116 g/mol. The lowest BCUT2D eigenvalue weighted by Gasteiger charge is -1.98. The van der Waals surface area contributed by atoms with Gasteiger partial charge in [0.1, 0.15) is 0 Å². The summed E-state index contributed by atoms with van der Waals surface area (Å²) in [5.74, 6) is 0. The highest BCUT2D eigenvalue weighted by Crippen LogP contribution is 2.04. The zero-order valence-electron chi connectivity index (χ0n) is 5.15. The van der Waals surface area contributed by atoms with Crippen molar-refractivity contribution < 1.29 is 5.11 Å². The van der Waals surface area contributed by atoms with Gasteiger partial charge in [-0.05, 0) is 19.1 Å². The van der Waals surface area contributed by atoms with E-state index in [0.717, 1.165) is 0 Å². The Hall–Kier alpha value is -0.960. The van der Waals surface area contributed by atoms with Crippen LogP contribution in [0, 0.1) is 0 Å². The van der Waals surface area contributed by atoms with Crippen molar-refractivity contribution in [2.24, 2.45) is 0 Å². The lowest BCUT2D eigenvalue weighted by atomic mass is 10.3. The van der Waals surface area contributed by atoms with E-state index in [9.17, 15) is 0 Å². The smallest absolute Gasteiger partial charge is 0.0950 e. The largest absolute Gasteiger partial charge is 0.387 e. The average molecular weight is 124 g/mol. The van der Waals surface area contributed by atoms with Crippen LogP contribution in [0.5, 0.6) is 0 Å². The van der Waals surface area contributed by atoms with Gasteiger partial charge in [0.15, 0.2) is 0 Å². The van der Waals surface area contributed by atoms with Crippen molar-refractivity contribution in [2.75, 3.05) is 0 Å². The Morgan fingerprint density at radius 3 is 2.78 bits per heavy atom. The third-order valence-electron chi connectivity index (χ3n) is 1.02. The van der Waals surface area contributed by atoms with Gasteiger partial charge in [-0.2, -0.15) is 10.2 Å². The highest BCUT2D eigenvalue weighted by molar-refractivity contribution is 5.00. The van der Waals surface area contributed by atoms with Gasteiger partial charge in [0.25, 0.3) is 0 Å². The van der Waals surface area contributed by atoms with Crippen molar-refractivity contribution in [2.45, 2.75) is 13.0 Å². The standard InChI is InChI=1S/C6H8N2O/c1-5(9)6-3-2-4-7-8-6/h2-5,9H,1H3/t5-/m0/s1. The highest BCUT2D eigenvalue weighted by atomic mass is 16.3. The van der Waals surface area contributed by atoms with Gasteiger partial charge in [-0.25, -0.2) is 0 Å². The molecule has 48 valence electrons. The Balaban J connectivity index is 2.85. The topological polar surface area (TPSA) is 46.0 Å². The summed E-state index contributed by atoms with van der Waals surface area (Å²) in [4.78, 5) is 0. The second kappa shape index (κ2) is 2.55. The van der Waals surface area contributed by atoms with Crippen LogP contribution in [0.2, 0.25) is 0 Å². The molecule has 3 heteroatoms. The number of aromatic nitrogens is 2. The molecule has 9 heavy (non-hydrogen) atoms. The summed E-state index contributed by atoms with van der Waals surface area (Å²) in [5.41, 5.74) is 0.609. The summed E-state index contributed by atoms with van der Waals surface area (Å²) in [7, 11) is 0. The summed E-state index contributed by atoms with van der Waals surface area (Å²) in [6.45, 7) is 1.66. The third kappa shape index (κ3) is 1.47. The van der Waals surface area contributed by atoms with Crippen LogP contribution in [0.1, 0.15) is 18.7 Å². The summed E-state index contributed by atoms with van der Waals surface area (Å²) in [5, 5.41) is 16.2. The molecule has 1 rings (SSSR count). The van der Waals surface area contributed by atoms with Crippen LogP contribution < -0.4 is 0 Å². The van der Waals surface area contributed by atoms with Crippen LogP contribution in [-0.2, 0) is 0 Å². The summed E-state index contributed by atoms with van der Waals surface area (Å²) < 4.78 is 0. The minimum Gasteiger partial charge on any atom is -0.387 e. The van der Waals surface area contributed by atoms with Crippen LogP contribution >= 0.6 is 0 Å². The van der Waals surface area contributed by atoms with Crippen LogP contribution in [0.25, 0.3) is 0 Å². The Morgan fingerprint density at radius 2 is 2.44 bits per heavy atom. The van der Waals surface area contributed by atoms with Gasteiger partial charge >= 0.3 is 0 Å². The average Bonchev–Trinajstić information content (AvgIpc) is 1.90. The normalized spacial score (nSPS) is 13.1. The lowest BCUT2D eigenvalue weighted by Crippen LogP contribution is -1.95. The number of nitrogens with zero attached hydrogens (tertiary/aromatic N) is 2. The molecule has 1 atom stereocenters. The van der Waals surface area contributed by atoms with E-state index in [1.165, 1.54) is 0 Å². The van der Waals surface area contributed by atoms with Crippen LogP contribution in [-0.4, -0.2) is 15.3 Å². The van der Waals surface area contributed by atoms with E-state index < -0.39 is 6.10 Å². The monoisotopic (exact) mass is 124 g/mol. The van der Waals surface area contributed by atoms with Crippen LogP contribution in [0.15, 0.2) is 18.3 Å². The fourth-order valence-corrected chi connectivity index (χ4v) is 0.536. The van der Waals surface area contributed by atoms with E-state index in [1.807, 2.05) is 0 Å². The van der Waals surface area contributed by atoms with Crippen molar-refractivity contribution in [1.29, 1.82) is 0 Å². The molecule has 1 N–H and O–H groups in total. The zero-order chi connectivity index (χ0) is 6.69. The van der Waals surface area contributed by atoms with E-state index in [2.05, 4.69) is 10.2 Å². The summed E-state index contributed by atoms with van der Waals surface area (Å²) in [6, 6.07) is 3.48. The molecule has 0 aliphatic carbocycles. The number of aliphatic hydroxyl groups is 1. The van der Waals surface area contributed by atoms with Gasteiger partial charge in [-0.1, -0.05) is 0 Å². The fourth-order valence-electron chi connectivity index (χ4n) is 0.536. The maximum absolute atomic E-state index is 8.92. The van der Waals surface area contributed by atoms with E-state index in [1.54, 1.807) is 25.3 Å². The predicted octanol–water partition coefficient (Wildman–Crippen LogP) is 0.530. The Morgan fingerprint density at radius 1 is 1.67 bits per heavy atom. The molecule has 3 nitrogen and oxygen atoms in total. The molecule has 0 unspecified atom stereocenters. The van der Waals surface area contributed by atoms with Crippen LogP contribution in [0.3, 0.4) is 0 Å². The zero-order valence-corrected chi connectivity index (χ0v) is 5.15. The third-order valence-corrected chi connectivity index (χ3v) is 1.02. The fraction of sp³-hybridized carbons (Fsp3) is 0.333. The van der Waals surface area contributed by atoms with Gasteiger partial charge in [0, 0.05) is 6.20 Å². The summed E-state index contributed by atoms with van der Waals surface area (Å²) in [6.07, 6.45) is 1.06. The van der Waals surface area contributed by atoms with Gasteiger partial charge in [-0.3, -0.25) is 0 Å². The predicted molar refractivity (Wildman–Crippen MR) is 32.7 cm³/mol. The molecule has 0 radical (unpaired) electrons. The molecular formula is C6H8N2O. The first-order valence-electron chi connectivity index (χ1n) is 2.76. The molecule has 1 heterocycles. The molecule has 1 aromatic rings. The minimum absolute atomic E-state index is 0.515. The quantitative estimate of drug-likeness (QED) is 0.594. The SMILES string of the molecule is C[C@H](O)c1cccnn1. The van der Waals surface area contributed by atoms with Gasteiger partial charge in [0.05, 0.1) is 11.8 Å². The lowest BCUT2D eigenvalue weighted by molar-refractivity contribution is 0.193. The number of hydrogen-bond acceptors (Lipinski definition) is 3. The van der Waals surface area contributed by atoms with E-state index in [4.69, 9.17) is 5.11 Å². The Kier molecular flexibility index (Phi) is 1.75. The molecule has 0 spiro atoms. The maximum Gasteiger partial charge on any atom is 0.0950 e. The van der Waals surface area contributed by atoms with Crippen molar-refractivity contribution >= 4 is 0 Å². The molecule has 0 aliphatic heterocycles. The van der Waals surface area contributed by atoms with Crippen molar-refractivity contribution in [3.05, 3.63) is 24.0 Å². The number of rotatable bonds is 1. The first-order valence-corrected chi connectivity index (χ1v) is 2.76. The molecule has 0 saturated heterocycles. The highest BCUT2D eigenvalue weighted by Gasteiger charge is 1.98. The van der Waals surface area contributed by atoms with Crippen molar-refractivity contribution in [3.8, 4) is 0 Å². The minimum atomic E-state index is -0.515. The van der Waals surface area contributed by atoms with Gasteiger partial charge in [-0.15, -0.1) is 0 Å². The molecule has 1 aromatic heterocycles. The van der Waals surface area contributed by atoms with E-state index in [-0.39, 0.29) is 0 Å². The molecule has 0 amide bonds. The van der Waals surface area contributed by atoms with Gasteiger partial charge in [0.2, 0.25) is 0 Å². The molecule has 0 aromatic carbocycles. The van der Waals surface area contributed by atoms with E-state index in [0.29, 0.717) is 5.69 Å². The molecule has 0 aliphatic rings. The Bertz CT molecular complexity index is 174. The maximum atomic E-state index is 8.92. The van der Waals surface area contributed by atoms with Gasteiger partial charge < -0.3 is 5.11 Å². The molecule has 0 fully saturated rings. The van der Waals surface area contributed by atoms with E-state index >= 15 is 0 Å². The number of aliphatic hydroxyl groups excluding tert-OH is 1.